The molecule has 2 rings (SSSR count). The van der Waals surface area contributed by atoms with Gasteiger partial charge in [-0.2, -0.15) is 4.72 Å². The Labute approximate surface area is 161 Å². The second kappa shape index (κ2) is 7.85. The molecule has 3 N–H and O–H groups in total. The quantitative estimate of drug-likeness (QED) is 0.685. The van der Waals surface area contributed by atoms with E-state index >= 15 is 0 Å². The summed E-state index contributed by atoms with van der Waals surface area (Å²) in [5.41, 5.74) is -0.260. The van der Waals surface area contributed by atoms with E-state index < -0.39 is 21.9 Å². The Kier molecular flexibility index (Phi) is 6.33. The average molecular weight is 400 g/mol. The van der Waals surface area contributed by atoms with Gasteiger partial charge in [0.2, 0.25) is 15.9 Å². The number of sulfonamides is 1. The van der Waals surface area contributed by atoms with Gasteiger partial charge in [0.1, 0.15) is 11.9 Å². The first kappa shape index (κ1) is 21.8. The Bertz CT molecular complexity index is 760. The molecule has 1 aliphatic rings. The van der Waals surface area contributed by atoms with E-state index in [9.17, 15) is 17.6 Å². The summed E-state index contributed by atoms with van der Waals surface area (Å²) in [6.07, 6.45) is 1.82. The predicted molar refractivity (Wildman–Crippen MR) is 103 cm³/mol. The van der Waals surface area contributed by atoms with Crippen molar-refractivity contribution in [2.24, 2.45) is 0 Å². The minimum absolute atomic E-state index is 0.0480. The van der Waals surface area contributed by atoms with Crippen LogP contribution in [0.5, 0.6) is 0 Å². The topological polar surface area (TPSA) is 87.3 Å². The molecule has 1 unspecified atom stereocenters. The minimum atomic E-state index is -3.91. The third kappa shape index (κ3) is 5.99. The number of carbonyl (C=O) groups is 1. The highest BCUT2D eigenvalue weighted by atomic mass is 32.2. The molecular weight excluding hydrogens is 369 g/mol. The summed E-state index contributed by atoms with van der Waals surface area (Å²) in [6, 6.07) is 3.58. The molecule has 0 aromatic heterocycles. The van der Waals surface area contributed by atoms with Crippen molar-refractivity contribution in [3.63, 3.8) is 0 Å². The van der Waals surface area contributed by atoms with Crippen LogP contribution >= 0.6 is 0 Å². The molecule has 1 aromatic carbocycles. The molecule has 1 aromatic rings. The normalized spacial score (nSPS) is 20.8. The molecule has 152 valence electrons. The number of amides is 1. The van der Waals surface area contributed by atoms with E-state index in [2.05, 4.69) is 43.1 Å². The number of nitrogens with one attached hydrogen (secondary N) is 3. The SMILES string of the molecule is CCC(NS(=O)(=O)c1ccc(F)cc1)C(=O)NC1CC(C)(C)NC(C)(C)C1. The zero-order valence-corrected chi connectivity index (χ0v) is 17.4. The van der Waals surface area contributed by atoms with Crippen molar-refractivity contribution < 1.29 is 17.6 Å². The van der Waals surface area contributed by atoms with Crippen LogP contribution in [-0.2, 0) is 14.8 Å². The van der Waals surface area contributed by atoms with E-state index in [0.29, 0.717) is 6.42 Å². The fourth-order valence-corrected chi connectivity index (χ4v) is 5.20. The van der Waals surface area contributed by atoms with Gasteiger partial charge in [-0.25, -0.2) is 12.8 Å². The second-order valence-electron chi connectivity index (χ2n) is 8.54. The van der Waals surface area contributed by atoms with E-state index in [-0.39, 0.29) is 27.9 Å². The molecule has 0 saturated carbocycles. The van der Waals surface area contributed by atoms with Crippen molar-refractivity contribution in [2.75, 3.05) is 0 Å². The summed E-state index contributed by atoms with van der Waals surface area (Å²) in [7, 11) is -3.91. The number of benzene rings is 1. The maximum absolute atomic E-state index is 13.0. The summed E-state index contributed by atoms with van der Waals surface area (Å²) in [6.45, 7) is 10.1. The van der Waals surface area contributed by atoms with E-state index in [4.69, 9.17) is 0 Å². The molecule has 0 radical (unpaired) electrons. The van der Waals surface area contributed by atoms with E-state index in [1.54, 1.807) is 6.92 Å². The molecule has 1 aliphatic heterocycles. The molecule has 27 heavy (non-hydrogen) atoms. The monoisotopic (exact) mass is 399 g/mol. The minimum Gasteiger partial charge on any atom is -0.352 e. The van der Waals surface area contributed by atoms with Gasteiger partial charge in [-0.3, -0.25) is 4.79 Å². The number of hydrogen-bond donors (Lipinski definition) is 3. The van der Waals surface area contributed by atoms with Gasteiger partial charge < -0.3 is 10.6 Å². The van der Waals surface area contributed by atoms with Crippen molar-refractivity contribution in [2.45, 2.75) is 81.9 Å². The average Bonchev–Trinajstić information content (AvgIpc) is 2.49. The molecule has 1 saturated heterocycles. The smallest absolute Gasteiger partial charge is 0.241 e. The van der Waals surface area contributed by atoms with Crippen LogP contribution < -0.4 is 15.4 Å². The third-order valence-corrected chi connectivity index (χ3v) is 6.17. The van der Waals surface area contributed by atoms with Gasteiger partial charge >= 0.3 is 0 Å². The number of carbonyl (C=O) groups excluding carboxylic acids is 1. The van der Waals surface area contributed by atoms with Gasteiger partial charge in [0.15, 0.2) is 0 Å². The summed E-state index contributed by atoms with van der Waals surface area (Å²) in [4.78, 5) is 12.6. The number of halogens is 1. The van der Waals surface area contributed by atoms with Crippen molar-refractivity contribution in [3.8, 4) is 0 Å². The lowest BCUT2D eigenvalue weighted by Crippen LogP contribution is -2.63. The zero-order chi connectivity index (χ0) is 20.5. The Balaban J connectivity index is 2.08. The Morgan fingerprint density at radius 2 is 1.70 bits per heavy atom. The van der Waals surface area contributed by atoms with Crippen molar-refractivity contribution in [1.82, 2.24) is 15.4 Å². The standard InChI is InChI=1S/C19H30FN3O3S/c1-6-16(22-27(25,26)15-9-7-13(20)8-10-15)17(24)21-14-11-18(2,3)23-19(4,5)12-14/h7-10,14,16,22-23H,6,11-12H2,1-5H3,(H,21,24). The number of piperidine rings is 1. The van der Waals surface area contributed by atoms with E-state index in [0.717, 1.165) is 25.0 Å². The molecule has 0 spiro atoms. The lowest BCUT2D eigenvalue weighted by molar-refractivity contribution is -0.124. The highest BCUT2D eigenvalue weighted by Crippen LogP contribution is 2.28. The summed E-state index contributed by atoms with van der Waals surface area (Å²) in [5, 5.41) is 6.55. The van der Waals surface area contributed by atoms with Crippen LogP contribution in [0.2, 0.25) is 0 Å². The number of hydrogen-bond acceptors (Lipinski definition) is 4. The fraction of sp³-hybridized carbons (Fsp3) is 0.632. The molecule has 0 bridgehead atoms. The molecule has 8 heteroatoms. The third-order valence-electron chi connectivity index (χ3n) is 4.68. The Morgan fingerprint density at radius 1 is 1.19 bits per heavy atom. The largest absolute Gasteiger partial charge is 0.352 e. The predicted octanol–water partition coefficient (Wildman–Crippen LogP) is 2.31. The Morgan fingerprint density at radius 3 is 2.19 bits per heavy atom. The summed E-state index contributed by atoms with van der Waals surface area (Å²) in [5.74, 6) is -0.864. The van der Waals surface area contributed by atoms with Gasteiger partial charge in [-0.05, 0) is 71.2 Å². The van der Waals surface area contributed by atoms with Crippen molar-refractivity contribution in [1.29, 1.82) is 0 Å². The van der Waals surface area contributed by atoms with Crippen LogP contribution in [0.1, 0.15) is 53.9 Å². The first-order valence-corrected chi connectivity index (χ1v) is 10.7. The van der Waals surface area contributed by atoms with Crippen LogP contribution in [0.25, 0.3) is 0 Å². The van der Waals surface area contributed by atoms with Crippen LogP contribution in [0.4, 0.5) is 4.39 Å². The highest BCUT2D eigenvalue weighted by Gasteiger charge is 2.39. The summed E-state index contributed by atoms with van der Waals surface area (Å²) < 4.78 is 40.4. The number of rotatable bonds is 6. The molecular formula is C19H30FN3O3S. The Hall–Kier alpha value is -1.51. The van der Waals surface area contributed by atoms with Gasteiger partial charge in [-0.1, -0.05) is 6.92 Å². The molecule has 1 amide bonds. The first-order chi connectivity index (χ1) is 12.3. The fourth-order valence-electron chi connectivity index (χ4n) is 3.92. The van der Waals surface area contributed by atoms with Crippen LogP contribution in [-0.4, -0.2) is 37.5 Å². The zero-order valence-electron chi connectivity index (χ0n) is 16.6. The molecule has 1 fully saturated rings. The lowest BCUT2D eigenvalue weighted by atomic mass is 9.79. The van der Waals surface area contributed by atoms with Gasteiger partial charge in [0.05, 0.1) is 4.90 Å². The van der Waals surface area contributed by atoms with Crippen molar-refractivity contribution >= 4 is 15.9 Å². The maximum Gasteiger partial charge on any atom is 0.241 e. The lowest BCUT2D eigenvalue weighted by Gasteiger charge is -2.46. The van der Waals surface area contributed by atoms with Crippen LogP contribution in [0.15, 0.2) is 29.2 Å². The molecule has 1 atom stereocenters. The summed E-state index contributed by atoms with van der Waals surface area (Å²) >= 11 is 0. The molecule has 6 nitrogen and oxygen atoms in total. The van der Waals surface area contributed by atoms with Crippen LogP contribution in [0, 0.1) is 5.82 Å². The van der Waals surface area contributed by atoms with Gasteiger partial charge in [0, 0.05) is 17.1 Å². The van der Waals surface area contributed by atoms with E-state index in [1.165, 1.54) is 12.1 Å². The molecule has 1 heterocycles. The highest BCUT2D eigenvalue weighted by molar-refractivity contribution is 7.89. The van der Waals surface area contributed by atoms with Gasteiger partial charge in [0.25, 0.3) is 0 Å². The van der Waals surface area contributed by atoms with Gasteiger partial charge in [-0.15, -0.1) is 0 Å². The van der Waals surface area contributed by atoms with Crippen molar-refractivity contribution in [3.05, 3.63) is 30.1 Å². The second-order valence-corrected chi connectivity index (χ2v) is 10.3. The van der Waals surface area contributed by atoms with Crippen LogP contribution in [0.3, 0.4) is 0 Å². The molecule has 0 aliphatic carbocycles. The first-order valence-electron chi connectivity index (χ1n) is 9.21. The van der Waals surface area contributed by atoms with E-state index in [1.807, 2.05) is 0 Å². The maximum atomic E-state index is 13.0.